The maximum atomic E-state index is 13.2. The Labute approximate surface area is 197 Å². The summed E-state index contributed by atoms with van der Waals surface area (Å²) in [4.78, 5) is 24.7. The molecule has 2 aliphatic rings. The Hall–Kier alpha value is -3.90. The van der Waals surface area contributed by atoms with Gasteiger partial charge in [0.05, 0.1) is 42.8 Å². The van der Waals surface area contributed by atoms with Crippen LogP contribution in [-0.4, -0.2) is 36.2 Å². The number of nitrogens with two attached hydrogens (primary N) is 2. The molecule has 0 spiro atoms. The fourth-order valence-corrected chi connectivity index (χ4v) is 5.14. The van der Waals surface area contributed by atoms with E-state index in [-0.39, 0.29) is 30.4 Å². The number of nitriles is 1. The number of hydrogen-bond acceptors (Lipinski definition) is 7. The number of fused-ring (bicyclic) bond motifs is 3. The van der Waals surface area contributed by atoms with E-state index in [0.717, 1.165) is 17.7 Å². The molecule has 2 aromatic heterocycles. The number of H-pyrrole nitrogens is 1. The summed E-state index contributed by atoms with van der Waals surface area (Å²) in [5.74, 6) is 1.46. The highest BCUT2D eigenvalue weighted by molar-refractivity contribution is 6.15. The Morgan fingerprint density at radius 1 is 1.24 bits per heavy atom. The topological polar surface area (TPSA) is 136 Å². The first-order chi connectivity index (χ1) is 16.3. The molecule has 174 valence electrons. The van der Waals surface area contributed by atoms with Gasteiger partial charge in [0.2, 0.25) is 17.5 Å². The number of amides is 1. The van der Waals surface area contributed by atoms with Crippen molar-refractivity contribution in [1.29, 1.82) is 5.26 Å². The Bertz CT molecular complexity index is 1350. The number of anilines is 5. The number of benzene rings is 1. The molecule has 0 radical (unpaired) electrons. The number of carbonyl (C=O) groups is 1. The van der Waals surface area contributed by atoms with Gasteiger partial charge in [0.25, 0.3) is 0 Å². The second-order valence-corrected chi connectivity index (χ2v) is 9.01. The zero-order valence-electron chi connectivity index (χ0n) is 19.6. The Kier molecular flexibility index (Phi) is 5.25. The lowest BCUT2D eigenvalue weighted by Gasteiger charge is -2.33. The summed E-state index contributed by atoms with van der Waals surface area (Å²) in [6, 6.07) is 10.2. The van der Waals surface area contributed by atoms with Crippen molar-refractivity contribution in [3.8, 4) is 6.07 Å². The maximum absolute atomic E-state index is 13.2. The third kappa shape index (κ3) is 3.38. The summed E-state index contributed by atoms with van der Waals surface area (Å²) in [7, 11) is 0. The molecule has 9 nitrogen and oxygen atoms in total. The normalized spacial score (nSPS) is 20.0. The van der Waals surface area contributed by atoms with E-state index in [1.165, 1.54) is 0 Å². The summed E-state index contributed by atoms with van der Waals surface area (Å²) in [5, 5.41) is 11.3. The molecular formula is C25H28N7O2+. The standard InChI is InChI=1S/C25H27N7O2/c1-4-15-6-5-7-16(8-15)32-19(33)9-17-20-18(10-26)24(31-11-13(2)34-14(3)12-31)29-22(27)21(20)23(28)30-25(17)32/h5-8,13-14H,4,9,11-12H2,1-3H3,(H2,27,29)(H2,28,30)/p+1/t13-,14-/m1/s1. The van der Waals surface area contributed by atoms with Crippen LogP contribution in [0.5, 0.6) is 0 Å². The van der Waals surface area contributed by atoms with Crippen LogP contribution >= 0.6 is 0 Å². The molecule has 0 aliphatic carbocycles. The molecule has 5 rings (SSSR count). The van der Waals surface area contributed by atoms with Crippen molar-refractivity contribution < 1.29 is 14.5 Å². The first-order valence-electron chi connectivity index (χ1n) is 11.5. The van der Waals surface area contributed by atoms with E-state index in [0.29, 0.717) is 52.4 Å². The molecular weight excluding hydrogens is 430 g/mol. The van der Waals surface area contributed by atoms with Gasteiger partial charge in [-0.2, -0.15) is 5.26 Å². The predicted octanol–water partition coefficient (Wildman–Crippen LogP) is 2.48. The van der Waals surface area contributed by atoms with Gasteiger partial charge in [-0.15, -0.1) is 0 Å². The minimum atomic E-state index is -0.117. The van der Waals surface area contributed by atoms with Gasteiger partial charge in [-0.25, -0.2) is 9.97 Å². The molecule has 1 saturated heterocycles. The zero-order valence-corrected chi connectivity index (χ0v) is 19.6. The van der Waals surface area contributed by atoms with Crippen molar-refractivity contribution in [1.82, 2.24) is 4.98 Å². The number of pyridine rings is 2. The molecule has 34 heavy (non-hydrogen) atoms. The maximum Gasteiger partial charge on any atom is 0.240 e. The summed E-state index contributed by atoms with van der Waals surface area (Å²) >= 11 is 0. The molecule has 9 heteroatoms. The second kappa shape index (κ2) is 8.15. The zero-order chi connectivity index (χ0) is 24.1. The largest absolute Gasteiger partial charge is 0.383 e. The van der Waals surface area contributed by atoms with E-state index >= 15 is 0 Å². The monoisotopic (exact) mass is 458 g/mol. The van der Waals surface area contributed by atoms with Crippen molar-refractivity contribution in [2.75, 3.05) is 34.4 Å². The van der Waals surface area contributed by atoms with Crippen LogP contribution in [0.4, 0.5) is 29.0 Å². The Balaban J connectivity index is 1.75. The van der Waals surface area contributed by atoms with Gasteiger partial charge in [-0.3, -0.25) is 14.6 Å². The number of morpholine rings is 1. The van der Waals surface area contributed by atoms with E-state index in [9.17, 15) is 10.1 Å². The average molecular weight is 459 g/mol. The highest BCUT2D eigenvalue weighted by Gasteiger charge is 2.37. The van der Waals surface area contributed by atoms with Gasteiger partial charge in [0, 0.05) is 10.9 Å². The van der Waals surface area contributed by atoms with Crippen LogP contribution in [0.2, 0.25) is 0 Å². The lowest BCUT2D eigenvalue weighted by Crippen LogP contribution is -2.48. The number of nitrogens with one attached hydrogen (secondary N) is 1. The number of nitrogens with zero attached hydrogens (tertiary/aromatic N) is 4. The van der Waals surface area contributed by atoms with E-state index < -0.39 is 0 Å². The van der Waals surface area contributed by atoms with Crippen molar-refractivity contribution in [2.24, 2.45) is 0 Å². The van der Waals surface area contributed by atoms with Crippen LogP contribution in [0.25, 0.3) is 10.8 Å². The first-order valence-corrected chi connectivity index (χ1v) is 11.5. The van der Waals surface area contributed by atoms with Crippen LogP contribution in [0, 0.1) is 11.3 Å². The number of hydrogen-bond donors (Lipinski definition) is 2. The van der Waals surface area contributed by atoms with Gasteiger partial charge in [0.15, 0.2) is 0 Å². The molecule has 0 saturated carbocycles. The molecule has 4 heterocycles. The number of carbonyl (C=O) groups excluding carboxylic acids is 1. The number of aromatic amines is 1. The highest BCUT2D eigenvalue weighted by atomic mass is 16.5. The summed E-state index contributed by atoms with van der Waals surface area (Å²) < 4.78 is 5.87. The summed E-state index contributed by atoms with van der Waals surface area (Å²) in [6.45, 7) is 7.28. The van der Waals surface area contributed by atoms with Gasteiger partial charge >= 0.3 is 0 Å². The number of nitrogen functional groups attached to an aromatic ring is 2. The first kappa shape index (κ1) is 21.9. The fourth-order valence-electron chi connectivity index (χ4n) is 5.14. The van der Waals surface area contributed by atoms with Crippen LogP contribution < -0.4 is 26.3 Å². The predicted molar refractivity (Wildman–Crippen MR) is 131 cm³/mol. The van der Waals surface area contributed by atoms with Crippen molar-refractivity contribution in [2.45, 2.75) is 45.8 Å². The lowest BCUT2D eigenvalue weighted by atomic mass is 10.00. The third-order valence-electron chi connectivity index (χ3n) is 6.53. The molecule has 1 fully saturated rings. The van der Waals surface area contributed by atoms with E-state index in [1.54, 1.807) is 4.90 Å². The van der Waals surface area contributed by atoms with Gasteiger partial charge < -0.3 is 16.2 Å². The summed E-state index contributed by atoms with van der Waals surface area (Å²) in [5.41, 5.74) is 15.7. The van der Waals surface area contributed by atoms with E-state index in [1.807, 2.05) is 38.1 Å². The van der Waals surface area contributed by atoms with Crippen LogP contribution in [0.1, 0.15) is 37.5 Å². The van der Waals surface area contributed by atoms with Gasteiger partial charge in [-0.05, 0) is 38.0 Å². The van der Waals surface area contributed by atoms with Crippen molar-refractivity contribution >= 4 is 45.6 Å². The van der Waals surface area contributed by atoms with E-state index in [2.05, 4.69) is 27.9 Å². The minimum absolute atomic E-state index is 0.00301. The number of ether oxygens (including phenoxy) is 1. The molecule has 3 aromatic rings. The molecule has 1 amide bonds. The summed E-state index contributed by atoms with van der Waals surface area (Å²) in [6.07, 6.45) is 0.956. The fraction of sp³-hybridized carbons (Fsp3) is 0.360. The molecule has 5 N–H and O–H groups in total. The Morgan fingerprint density at radius 2 is 1.97 bits per heavy atom. The van der Waals surface area contributed by atoms with E-state index in [4.69, 9.17) is 16.2 Å². The lowest BCUT2D eigenvalue weighted by molar-refractivity contribution is -0.345. The number of aromatic nitrogens is 2. The molecule has 2 aliphatic heterocycles. The van der Waals surface area contributed by atoms with Crippen LogP contribution in [0.15, 0.2) is 24.3 Å². The molecule has 0 bridgehead atoms. The van der Waals surface area contributed by atoms with Crippen LogP contribution in [0.3, 0.4) is 0 Å². The number of rotatable bonds is 3. The van der Waals surface area contributed by atoms with Gasteiger partial charge in [0.1, 0.15) is 23.3 Å². The SMILES string of the molecule is CCc1cccc(N2C(=O)Cc3c2nc(N)c2c(N)[nH+]c(N4C[C@@H](C)O[C@H](C)C4)c(C#N)c32)c1. The molecule has 2 atom stereocenters. The third-order valence-corrected chi connectivity index (χ3v) is 6.53. The molecule has 0 unspecified atom stereocenters. The smallest absolute Gasteiger partial charge is 0.240 e. The van der Waals surface area contributed by atoms with Crippen molar-refractivity contribution in [3.63, 3.8) is 0 Å². The second-order valence-electron chi connectivity index (χ2n) is 9.01. The van der Waals surface area contributed by atoms with Crippen LogP contribution in [-0.2, 0) is 22.4 Å². The highest BCUT2D eigenvalue weighted by Crippen LogP contribution is 2.43. The minimum Gasteiger partial charge on any atom is -0.383 e. The number of aryl methyl sites for hydroxylation is 1. The quantitative estimate of drug-likeness (QED) is 0.615. The van der Waals surface area contributed by atoms with Crippen molar-refractivity contribution in [3.05, 3.63) is 41.0 Å². The van der Waals surface area contributed by atoms with Gasteiger partial charge in [-0.1, -0.05) is 19.1 Å². The average Bonchev–Trinajstić information content (AvgIpc) is 3.13. The Morgan fingerprint density at radius 3 is 2.65 bits per heavy atom. The molecule has 1 aromatic carbocycles.